The molecule has 0 spiro atoms. The van der Waals surface area contributed by atoms with Crippen molar-refractivity contribution in [2.24, 2.45) is 0 Å². The van der Waals surface area contributed by atoms with Gasteiger partial charge in [-0.15, -0.1) is 0 Å². The van der Waals surface area contributed by atoms with Crippen LogP contribution in [0, 0.1) is 0 Å². The predicted molar refractivity (Wildman–Crippen MR) is 184 cm³/mol. The molecule has 2 N–H and O–H groups in total. The molecule has 246 valence electrons. The van der Waals surface area contributed by atoms with Gasteiger partial charge in [-0.2, -0.15) is 0 Å². The molecular formula is C40H38O8. The molecule has 4 aromatic carbocycles. The third-order valence-corrected chi connectivity index (χ3v) is 7.78. The van der Waals surface area contributed by atoms with Crippen molar-refractivity contribution in [2.75, 3.05) is 13.2 Å². The average molecular weight is 647 g/mol. The van der Waals surface area contributed by atoms with E-state index in [1.807, 2.05) is 0 Å². The van der Waals surface area contributed by atoms with Gasteiger partial charge in [0, 0.05) is 22.3 Å². The molecule has 48 heavy (non-hydrogen) atoms. The number of hydrogen-bond acceptors (Lipinski definition) is 8. The van der Waals surface area contributed by atoms with Crippen molar-refractivity contribution in [1.29, 1.82) is 0 Å². The Labute approximate surface area is 280 Å². The van der Waals surface area contributed by atoms with E-state index in [-0.39, 0.29) is 35.5 Å². The van der Waals surface area contributed by atoms with Gasteiger partial charge in [-0.05, 0) is 24.0 Å². The Hall–Kier alpha value is -5.12. The summed E-state index contributed by atoms with van der Waals surface area (Å²) in [5.74, 6) is -8.99. The lowest BCUT2D eigenvalue weighted by Gasteiger charge is -2.26. The second-order valence-electron chi connectivity index (χ2n) is 11.1. The first-order valence-corrected chi connectivity index (χ1v) is 15.6. The van der Waals surface area contributed by atoms with Crippen LogP contribution >= 0.6 is 0 Å². The molecule has 4 rings (SSSR count). The highest BCUT2D eigenvalue weighted by atomic mass is 16.6. The lowest BCUT2D eigenvalue weighted by atomic mass is 9.94. The largest absolute Gasteiger partial charge is 0.353 e. The molecule has 2 atom stereocenters. The summed E-state index contributed by atoms with van der Waals surface area (Å²) in [4.78, 5) is 53.5. The quantitative estimate of drug-likeness (QED) is 0.0494. The first-order chi connectivity index (χ1) is 23.1. The number of benzene rings is 4. The summed E-state index contributed by atoms with van der Waals surface area (Å²) in [7, 11) is 0. The van der Waals surface area contributed by atoms with Gasteiger partial charge in [0.25, 0.3) is 11.6 Å². The van der Waals surface area contributed by atoms with Crippen LogP contribution in [0.1, 0.15) is 78.2 Å². The third-order valence-electron chi connectivity index (χ3n) is 7.78. The standard InChI is InChI=1S/C40H38O8/c1-3-29-19-23-33(24-20-29)37(43)39(45,35(41)31-15-9-7-10-16-31)47-27-13-5-6-14-28-48-40(46,36(42)32-17-11-8-12-18-32)38(44)34-25-21-30(4-2)22-26-34/h3-4,7-12,15-26,45-46H,1-2,5-6,13-14,27-28H2. The molecule has 0 aliphatic carbocycles. The van der Waals surface area contributed by atoms with Gasteiger partial charge in [0.1, 0.15) is 0 Å². The summed E-state index contributed by atoms with van der Waals surface area (Å²) in [6, 6.07) is 28.5. The lowest BCUT2D eigenvalue weighted by Crippen LogP contribution is -2.49. The summed E-state index contributed by atoms with van der Waals surface area (Å²) in [6.45, 7) is 7.16. The third kappa shape index (κ3) is 8.42. The van der Waals surface area contributed by atoms with Crippen LogP contribution in [0.15, 0.2) is 122 Å². The molecule has 0 fully saturated rings. The molecule has 0 aliphatic rings. The molecular weight excluding hydrogens is 608 g/mol. The minimum Gasteiger partial charge on any atom is -0.353 e. The summed E-state index contributed by atoms with van der Waals surface area (Å²) in [5.41, 5.74) is 1.99. The van der Waals surface area contributed by atoms with Crippen molar-refractivity contribution < 1.29 is 38.9 Å². The summed E-state index contributed by atoms with van der Waals surface area (Å²) in [5, 5.41) is 22.8. The Morgan fingerprint density at radius 3 is 1.06 bits per heavy atom. The van der Waals surface area contributed by atoms with E-state index in [0.29, 0.717) is 25.7 Å². The molecule has 4 aromatic rings. The van der Waals surface area contributed by atoms with Crippen molar-refractivity contribution in [3.8, 4) is 0 Å². The number of Topliss-reactive ketones (excluding diaryl/α,β-unsaturated/α-hetero) is 4. The van der Waals surface area contributed by atoms with Crippen LogP contribution in [-0.2, 0) is 9.47 Å². The fourth-order valence-corrected chi connectivity index (χ4v) is 4.97. The zero-order valence-electron chi connectivity index (χ0n) is 26.5. The van der Waals surface area contributed by atoms with Crippen molar-refractivity contribution in [2.45, 2.75) is 37.3 Å². The zero-order chi connectivity index (χ0) is 34.6. The first kappa shape index (κ1) is 35.7. The predicted octanol–water partition coefficient (Wildman–Crippen LogP) is 6.77. The number of carbonyl (C=O) groups excluding carboxylic acids is 4. The lowest BCUT2D eigenvalue weighted by molar-refractivity contribution is -0.136. The maximum absolute atomic E-state index is 13.4. The van der Waals surface area contributed by atoms with Gasteiger partial charge >= 0.3 is 0 Å². The molecule has 8 nitrogen and oxygen atoms in total. The molecule has 0 saturated heterocycles. The van der Waals surface area contributed by atoms with E-state index in [4.69, 9.17) is 9.47 Å². The van der Waals surface area contributed by atoms with Crippen LogP contribution in [-0.4, -0.2) is 58.1 Å². The number of carbonyl (C=O) groups is 4. The minimum atomic E-state index is -2.74. The fourth-order valence-electron chi connectivity index (χ4n) is 4.97. The van der Waals surface area contributed by atoms with Gasteiger partial charge in [-0.25, -0.2) is 0 Å². The Morgan fingerprint density at radius 2 is 0.771 bits per heavy atom. The molecule has 2 unspecified atom stereocenters. The van der Waals surface area contributed by atoms with Gasteiger partial charge in [0.15, 0.2) is 0 Å². The van der Waals surface area contributed by atoms with Crippen molar-refractivity contribution in [3.63, 3.8) is 0 Å². The second-order valence-corrected chi connectivity index (χ2v) is 11.1. The Bertz CT molecular complexity index is 1600. The van der Waals surface area contributed by atoms with E-state index in [9.17, 15) is 29.4 Å². The zero-order valence-corrected chi connectivity index (χ0v) is 26.5. The number of ether oxygens (including phenoxy) is 2. The molecule has 0 heterocycles. The van der Waals surface area contributed by atoms with Crippen LogP contribution in [0.3, 0.4) is 0 Å². The molecule has 0 amide bonds. The SMILES string of the molecule is C=Cc1ccc(C(=O)C(O)(OCCCCCCOC(O)(C(=O)c2ccccc2)C(=O)c2ccc(C=C)cc2)C(=O)c2ccccc2)cc1. The van der Waals surface area contributed by atoms with Crippen molar-refractivity contribution in [1.82, 2.24) is 0 Å². The first-order valence-electron chi connectivity index (χ1n) is 15.6. The van der Waals surface area contributed by atoms with E-state index >= 15 is 0 Å². The van der Waals surface area contributed by atoms with E-state index in [2.05, 4.69) is 13.2 Å². The molecule has 0 bridgehead atoms. The second kappa shape index (κ2) is 16.6. The van der Waals surface area contributed by atoms with Crippen LogP contribution in [0.2, 0.25) is 0 Å². The number of rotatable bonds is 19. The van der Waals surface area contributed by atoms with Crippen molar-refractivity contribution in [3.05, 3.63) is 156 Å². The van der Waals surface area contributed by atoms with Gasteiger partial charge < -0.3 is 19.7 Å². The number of aliphatic hydroxyl groups is 2. The normalized spacial score (nSPS) is 13.5. The van der Waals surface area contributed by atoms with Gasteiger partial charge in [0.2, 0.25) is 23.1 Å². The van der Waals surface area contributed by atoms with E-state index in [1.54, 1.807) is 72.8 Å². The van der Waals surface area contributed by atoms with E-state index in [1.165, 1.54) is 48.5 Å². The van der Waals surface area contributed by atoms with Crippen LogP contribution in [0.25, 0.3) is 12.2 Å². The fraction of sp³-hybridized carbons (Fsp3) is 0.200. The van der Waals surface area contributed by atoms with E-state index < -0.39 is 34.7 Å². The van der Waals surface area contributed by atoms with Crippen LogP contribution < -0.4 is 0 Å². The highest BCUT2D eigenvalue weighted by molar-refractivity contribution is 6.22. The maximum atomic E-state index is 13.4. The molecule has 0 saturated carbocycles. The van der Waals surface area contributed by atoms with E-state index in [0.717, 1.165) is 11.1 Å². The minimum absolute atomic E-state index is 0.105. The molecule has 0 aliphatic heterocycles. The maximum Gasteiger partial charge on any atom is 0.297 e. The summed E-state index contributed by atoms with van der Waals surface area (Å²) in [6.07, 6.45) is 5.02. The monoisotopic (exact) mass is 646 g/mol. The summed E-state index contributed by atoms with van der Waals surface area (Å²) >= 11 is 0. The summed E-state index contributed by atoms with van der Waals surface area (Å²) < 4.78 is 11.3. The Balaban J connectivity index is 1.36. The Kier molecular flexibility index (Phi) is 12.4. The number of hydrogen-bond donors (Lipinski definition) is 2. The highest BCUT2D eigenvalue weighted by Gasteiger charge is 2.47. The molecule has 0 radical (unpaired) electrons. The molecule has 8 heteroatoms. The van der Waals surface area contributed by atoms with Gasteiger partial charge in [-0.1, -0.05) is 147 Å². The number of unbranched alkanes of at least 4 members (excludes halogenated alkanes) is 3. The molecule has 0 aromatic heterocycles. The average Bonchev–Trinajstić information content (AvgIpc) is 3.15. The Morgan fingerprint density at radius 1 is 0.479 bits per heavy atom. The van der Waals surface area contributed by atoms with Crippen LogP contribution in [0.5, 0.6) is 0 Å². The van der Waals surface area contributed by atoms with Crippen LogP contribution in [0.4, 0.5) is 0 Å². The highest BCUT2D eigenvalue weighted by Crippen LogP contribution is 2.25. The van der Waals surface area contributed by atoms with Gasteiger partial charge in [0.05, 0.1) is 13.2 Å². The topological polar surface area (TPSA) is 127 Å². The van der Waals surface area contributed by atoms with Crippen molar-refractivity contribution >= 4 is 35.3 Å². The van der Waals surface area contributed by atoms with Gasteiger partial charge in [-0.3, -0.25) is 19.2 Å². The number of ketones is 4. The smallest absolute Gasteiger partial charge is 0.297 e.